The third-order valence-electron chi connectivity index (χ3n) is 4.21. The number of fused-ring (bicyclic) bond motifs is 1. The van der Waals surface area contributed by atoms with Gasteiger partial charge in [0, 0.05) is 6.08 Å². The molecule has 1 atom stereocenters. The summed E-state index contributed by atoms with van der Waals surface area (Å²) in [7, 11) is 0. The van der Waals surface area contributed by atoms with E-state index in [9.17, 15) is 4.79 Å². The highest BCUT2D eigenvalue weighted by atomic mass is 16.6. The lowest BCUT2D eigenvalue weighted by Gasteiger charge is -2.20. The number of nitrogens with one attached hydrogen (secondary N) is 1. The summed E-state index contributed by atoms with van der Waals surface area (Å²) in [5.74, 6) is 2.16. The fourth-order valence-corrected chi connectivity index (χ4v) is 2.74. The number of hydrogen-bond acceptors (Lipinski definition) is 4. The Balaban J connectivity index is 1.56. The summed E-state index contributed by atoms with van der Waals surface area (Å²) in [4.78, 5) is 12.2. The maximum absolute atomic E-state index is 12.2. The second-order valence-electron chi connectivity index (χ2n) is 6.38. The number of ether oxygens (including phenoxy) is 3. The molecule has 0 aromatic heterocycles. The molecule has 27 heavy (non-hydrogen) atoms. The maximum atomic E-state index is 12.2. The zero-order chi connectivity index (χ0) is 19.1. The molecule has 2 aromatic carbocycles. The third kappa shape index (κ3) is 5.26. The van der Waals surface area contributed by atoms with Crippen LogP contribution in [0, 0.1) is 0 Å². The second kappa shape index (κ2) is 9.12. The summed E-state index contributed by atoms with van der Waals surface area (Å²) in [6.07, 6.45) is 4.30. The predicted molar refractivity (Wildman–Crippen MR) is 105 cm³/mol. The average molecular weight is 367 g/mol. The zero-order valence-corrected chi connectivity index (χ0v) is 15.7. The van der Waals surface area contributed by atoms with Crippen molar-refractivity contribution < 1.29 is 19.0 Å². The Morgan fingerprint density at radius 3 is 2.63 bits per heavy atom. The van der Waals surface area contributed by atoms with Crippen molar-refractivity contribution in [2.24, 2.45) is 0 Å². The highest BCUT2D eigenvalue weighted by Gasteiger charge is 2.15. The largest absolute Gasteiger partial charge is 0.494 e. The topological polar surface area (TPSA) is 56.8 Å². The van der Waals surface area contributed by atoms with E-state index >= 15 is 0 Å². The van der Waals surface area contributed by atoms with Crippen LogP contribution in [-0.2, 0) is 4.79 Å². The Labute approximate surface area is 159 Å². The van der Waals surface area contributed by atoms with Crippen LogP contribution >= 0.6 is 0 Å². The van der Waals surface area contributed by atoms with Crippen molar-refractivity contribution in [2.45, 2.75) is 26.3 Å². The minimum absolute atomic E-state index is 0.136. The standard InChI is InChI=1S/C22H25NO4/c1-3-12-25-19-8-4-17(5-9-19)6-11-22(24)23-16(2)18-7-10-20-21(15-18)27-14-13-26-20/h4-11,15-16H,3,12-14H2,1-2H3,(H,23,24). The minimum Gasteiger partial charge on any atom is -0.494 e. The SMILES string of the molecule is CCCOc1ccc(C=CC(=O)NC(C)c2ccc3c(c2)OCCO3)cc1. The van der Waals surface area contributed by atoms with Gasteiger partial charge in [-0.2, -0.15) is 0 Å². The molecule has 0 fully saturated rings. The first-order valence-electron chi connectivity index (χ1n) is 9.26. The number of benzene rings is 2. The predicted octanol–water partition coefficient (Wildman–Crippen LogP) is 4.14. The summed E-state index contributed by atoms with van der Waals surface area (Å²) >= 11 is 0. The Kier molecular flexibility index (Phi) is 6.36. The van der Waals surface area contributed by atoms with E-state index in [0.29, 0.717) is 19.8 Å². The summed E-state index contributed by atoms with van der Waals surface area (Å²) in [5, 5.41) is 2.97. The lowest BCUT2D eigenvalue weighted by Crippen LogP contribution is -2.25. The molecule has 1 aliphatic heterocycles. The second-order valence-corrected chi connectivity index (χ2v) is 6.38. The van der Waals surface area contributed by atoms with Crippen LogP contribution in [0.4, 0.5) is 0 Å². The van der Waals surface area contributed by atoms with Crippen LogP contribution in [0.2, 0.25) is 0 Å². The highest BCUT2D eigenvalue weighted by molar-refractivity contribution is 5.92. The lowest BCUT2D eigenvalue weighted by molar-refractivity contribution is -0.117. The molecule has 0 aliphatic carbocycles. The van der Waals surface area contributed by atoms with E-state index < -0.39 is 0 Å². The molecule has 1 N–H and O–H groups in total. The van der Waals surface area contributed by atoms with Crippen molar-refractivity contribution in [3.05, 3.63) is 59.7 Å². The molecule has 0 radical (unpaired) electrons. The molecular weight excluding hydrogens is 342 g/mol. The summed E-state index contributed by atoms with van der Waals surface area (Å²) in [5.41, 5.74) is 1.92. The maximum Gasteiger partial charge on any atom is 0.244 e. The smallest absolute Gasteiger partial charge is 0.244 e. The Morgan fingerprint density at radius 2 is 1.89 bits per heavy atom. The van der Waals surface area contributed by atoms with Gasteiger partial charge in [0.15, 0.2) is 11.5 Å². The van der Waals surface area contributed by atoms with Crippen LogP contribution in [-0.4, -0.2) is 25.7 Å². The van der Waals surface area contributed by atoms with Gasteiger partial charge in [-0.15, -0.1) is 0 Å². The molecule has 0 saturated carbocycles. The van der Waals surface area contributed by atoms with Gasteiger partial charge < -0.3 is 19.5 Å². The summed E-state index contributed by atoms with van der Waals surface area (Å²) in [6, 6.07) is 13.3. The normalized spacial score (nSPS) is 14.0. The molecule has 0 saturated heterocycles. The summed E-state index contributed by atoms with van der Waals surface area (Å²) in [6.45, 7) is 5.82. The molecule has 5 nitrogen and oxygen atoms in total. The van der Waals surface area contributed by atoms with Crippen LogP contribution in [0.1, 0.15) is 37.4 Å². The fourth-order valence-electron chi connectivity index (χ4n) is 2.74. The van der Waals surface area contributed by atoms with E-state index in [0.717, 1.165) is 34.8 Å². The number of carbonyl (C=O) groups excluding carboxylic acids is 1. The lowest BCUT2D eigenvalue weighted by atomic mass is 10.1. The van der Waals surface area contributed by atoms with Crippen molar-refractivity contribution >= 4 is 12.0 Å². The molecule has 5 heteroatoms. The van der Waals surface area contributed by atoms with Crippen molar-refractivity contribution in [3.8, 4) is 17.2 Å². The molecule has 1 unspecified atom stereocenters. The van der Waals surface area contributed by atoms with Gasteiger partial charge in [0.05, 0.1) is 12.6 Å². The number of carbonyl (C=O) groups is 1. The van der Waals surface area contributed by atoms with Crippen LogP contribution < -0.4 is 19.5 Å². The number of hydrogen-bond donors (Lipinski definition) is 1. The Hall–Kier alpha value is -2.95. The van der Waals surface area contributed by atoms with Gasteiger partial charge in [-0.05, 0) is 54.8 Å². The third-order valence-corrected chi connectivity index (χ3v) is 4.21. The van der Waals surface area contributed by atoms with E-state index in [1.165, 1.54) is 6.08 Å². The first kappa shape index (κ1) is 18.8. The summed E-state index contributed by atoms with van der Waals surface area (Å²) < 4.78 is 16.7. The Bertz CT molecular complexity index is 798. The van der Waals surface area contributed by atoms with Crippen molar-refractivity contribution in [1.29, 1.82) is 0 Å². The van der Waals surface area contributed by atoms with Gasteiger partial charge in [0.25, 0.3) is 0 Å². The van der Waals surface area contributed by atoms with Gasteiger partial charge >= 0.3 is 0 Å². The van der Waals surface area contributed by atoms with Crippen molar-refractivity contribution in [1.82, 2.24) is 5.32 Å². The molecule has 2 aromatic rings. The number of rotatable bonds is 7. The van der Waals surface area contributed by atoms with Crippen molar-refractivity contribution in [3.63, 3.8) is 0 Å². The fraction of sp³-hybridized carbons (Fsp3) is 0.318. The van der Waals surface area contributed by atoms with E-state index in [4.69, 9.17) is 14.2 Å². The minimum atomic E-state index is -0.149. The molecule has 142 valence electrons. The van der Waals surface area contributed by atoms with E-state index in [-0.39, 0.29) is 11.9 Å². The molecule has 1 amide bonds. The molecule has 1 heterocycles. The van der Waals surface area contributed by atoms with Gasteiger partial charge in [0.1, 0.15) is 19.0 Å². The Morgan fingerprint density at radius 1 is 1.15 bits per heavy atom. The van der Waals surface area contributed by atoms with Gasteiger partial charge in [0.2, 0.25) is 5.91 Å². The molecule has 0 spiro atoms. The molecule has 3 rings (SSSR count). The van der Waals surface area contributed by atoms with Gasteiger partial charge in [-0.3, -0.25) is 4.79 Å². The highest BCUT2D eigenvalue weighted by Crippen LogP contribution is 2.32. The molecule has 0 bridgehead atoms. The van der Waals surface area contributed by atoms with E-state index in [2.05, 4.69) is 12.2 Å². The average Bonchev–Trinajstić information content (AvgIpc) is 2.71. The van der Waals surface area contributed by atoms with Crippen LogP contribution in [0.25, 0.3) is 6.08 Å². The van der Waals surface area contributed by atoms with Gasteiger partial charge in [-0.1, -0.05) is 25.1 Å². The molecular formula is C22H25NO4. The van der Waals surface area contributed by atoms with E-state index in [1.807, 2.05) is 49.4 Å². The zero-order valence-electron chi connectivity index (χ0n) is 15.7. The number of amides is 1. The van der Waals surface area contributed by atoms with Gasteiger partial charge in [-0.25, -0.2) is 0 Å². The first-order chi connectivity index (χ1) is 13.2. The van der Waals surface area contributed by atoms with Crippen LogP contribution in [0.5, 0.6) is 17.2 Å². The van der Waals surface area contributed by atoms with Crippen molar-refractivity contribution in [2.75, 3.05) is 19.8 Å². The molecule has 1 aliphatic rings. The van der Waals surface area contributed by atoms with E-state index in [1.54, 1.807) is 6.08 Å². The van der Waals surface area contributed by atoms with Crippen LogP contribution in [0.3, 0.4) is 0 Å². The quantitative estimate of drug-likeness (QED) is 0.748. The van der Waals surface area contributed by atoms with Crippen LogP contribution in [0.15, 0.2) is 48.5 Å². The first-order valence-corrected chi connectivity index (χ1v) is 9.26. The monoisotopic (exact) mass is 367 g/mol.